The molecular formula is C17H28N4OS. The predicted octanol–water partition coefficient (Wildman–Crippen LogP) is 4.06. The van der Waals surface area contributed by atoms with E-state index in [9.17, 15) is 0 Å². The molecule has 128 valence electrons. The molecule has 1 aromatic heterocycles. The van der Waals surface area contributed by atoms with E-state index >= 15 is 0 Å². The van der Waals surface area contributed by atoms with Gasteiger partial charge in [0.05, 0.1) is 18.4 Å². The van der Waals surface area contributed by atoms with E-state index < -0.39 is 0 Å². The van der Waals surface area contributed by atoms with Crippen molar-refractivity contribution in [3.05, 3.63) is 42.2 Å². The molecule has 2 aromatic rings. The molecule has 1 aromatic carbocycles. The zero-order valence-electron chi connectivity index (χ0n) is 13.8. The number of nitrogens with zero attached hydrogens (tertiary/aromatic N) is 2. The second-order valence-electron chi connectivity index (χ2n) is 5.42. The van der Waals surface area contributed by atoms with Crippen molar-refractivity contribution in [1.82, 2.24) is 9.78 Å². The minimum absolute atomic E-state index is 0.640. The fraction of sp³-hybridized carbons (Fsp3) is 0.471. The number of unbranched alkanes of at least 4 members (excludes halogenated alkanes) is 3. The van der Waals surface area contributed by atoms with Crippen molar-refractivity contribution in [3.63, 3.8) is 0 Å². The van der Waals surface area contributed by atoms with Gasteiger partial charge in [-0.15, -0.1) is 0 Å². The maximum atomic E-state index is 8.38. The number of nitrogens with two attached hydrogens (primary N) is 2. The summed E-state index contributed by atoms with van der Waals surface area (Å²) in [6, 6.07) is 8.22. The molecule has 0 atom stereocenters. The Morgan fingerprint density at radius 2 is 1.83 bits per heavy atom. The van der Waals surface area contributed by atoms with Crippen LogP contribution in [0.15, 0.2) is 36.7 Å². The van der Waals surface area contributed by atoms with Gasteiger partial charge >= 0.3 is 0 Å². The molecule has 6 heteroatoms. The molecule has 1 heterocycles. The highest BCUT2D eigenvalue weighted by molar-refractivity contribution is 7.93. The van der Waals surface area contributed by atoms with Crippen molar-refractivity contribution in [2.75, 3.05) is 17.2 Å². The van der Waals surface area contributed by atoms with E-state index in [4.69, 9.17) is 16.0 Å². The van der Waals surface area contributed by atoms with Crippen LogP contribution < -0.4 is 11.5 Å². The van der Waals surface area contributed by atoms with Gasteiger partial charge in [0.1, 0.15) is 0 Å². The zero-order valence-corrected chi connectivity index (χ0v) is 14.6. The van der Waals surface area contributed by atoms with Crippen LogP contribution in [-0.2, 0) is 13.0 Å². The third-order valence-corrected chi connectivity index (χ3v) is 3.73. The lowest BCUT2D eigenvalue weighted by atomic mass is 10.1. The summed E-state index contributed by atoms with van der Waals surface area (Å²) in [5.74, 6) is 0.640. The zero-order chi connectivity index (χ0) is 16.9. The molecule has 5 N–H and O–H groups in total. The quantitative estimate of drug-likeness (QED) is 0.384. The standard InChI is InChI=1S/C12H19N.C5H9N3OS/c1-2-3-4-5-6-11-7-9-12(13)10-8-11;6-5-3-7-8(4-5)1-2-10-9/h7-10H,2-6,13H2,1H3;3-4,9H,1-2,6H2. The molecule has 0 unspecified atom stereocenters. The predicted molar refractivity (Wildman–Crippen MR) is 100 cm³/mol. The van der Waals surface area contributed by atoms with Crippen LogP contribution in [0.25, 0.3) is 0 Å². The number of hydrogen-bond donors (Lipinski definition) is 3. The van der Waals surface area contributed by atoms with Gasteiger partial charge in [0.2, 0.25) is 0 Å². The van der Waals surface area contributed by atoms with Crippen LogP contribution in [0, 0.1) is 0 Å². The first-order valence-corrected chi connectivity index (χ1v) is 8.98. The molecule has 0 spiro atoms. The summed E-state index contributed by atoms with van der Waals surface area (Å²) in [5.41, 5.74) is 13.9. The molecule has 0 radical (unpaired) electrons. The Hall–Kier alpha value is -1.66. The second kappa shape index (κ2) is 11.8. The van der Waals surface area contributed by atoms with Crippen molar-refractivity contribution in [2.45, 2.75) is 45.6 Å². The van der Waals surface area contributed by atoms with E-state index in [1.54, 1.807) is 17.1 Å². The number of anilines is 2. The lowest BCUT2D eigenvalue weighted by molar-refractivity contribution is 0.631. The van der Waals surface area contributed by atoms with Crippen LogP contribution in [0.3, 0.4) is 0 Å². The molecule has 0 aliphatic heterocycles. The highest BCUT2D eigenvalue weighted by Gasteiger charge is 1.93. The summed E-state index contributed by atoms with van der Waals surface area (Å²) in [7, 11) is 0. The minimum Gasteiger partial charge on any atom is -0.399 e. The highest BCUT2D eigenvalue weighted by atomic mass is 32.2. The number of rotatable bonds is 8. The average Bonchev–Trinajstić information content (AvgIpc) is 2.97. The van der Waals surface area contributed by atoms with Crippen LogP contribution in [-0.4, -0.2) is 20.1 Å². The van der Waals surface area contributed by atoms with Gasteiger partial charge in [-0.25, -0.2) is 0 Å². The lowest BCUT2D eigenvalue weighted by Gasteiger charge is -2.01. The summed E-state index contributed by atoms with van der Waals surface area (Å²) >= 11 is 0.804. The normalized spacial score (nSPS) is 10.2. The first-order valence-electron chi connectivity index (χ1n) is 8.04. The topological polar surface area (TPSA) is 90.1 Å². The summed E-state index contributed by atoms with van der Waals surface area (Å²) in [6.07, 6.45) is 9.83. The van der Waals surface area contributed by atoms with Gasteiger partial charge in [0, 0.05) is 17.6 Å². The van der Waals surface area contributed by atoms with Gasteiger partial charge < -0.3 is 16.0 Å². The van der Waals surface area contributed by atoms with Crippen molar-refractivity contribution < 1.29 is 4.55 Å². The Morgan fingerprint density at radius 1 is 1.09 bits per heavy atom. The van der Waals surface area contributed by atoms with Gasteiger partial charge in [-0.2, -0.15) is 5.10 Å². The Bertz CT molecular complexity index is 528. The molecule has 0 aliphatic rings. The third-order valence-electron chi connectivity index (χ3n) is 3.36. The molecule has 0 aliphatic carbocycles. The minimum atomic E-state index is 0.640. The number of aromatic nitrogens is 2. The Kier molecular flexibility index (Phi) is 9.99. The maximum absolute atomic E-state index is 8.38. The van der Waals surface area contributed by atoms with Crippen molar-refractivity contribution in [3.8, 4) is 0 Å². The number of benzene rings is 1. The van der Waals surface area contributed by atoms with Gasteiger partial charge in [0.25, 0.3) is 0 Å². The summed E-state index contributed by atoms with van der Waals surface area (Å²) in [5, 5.41) is 3.92. The molecule has 0 amide bonds. The molecule has 0 fully saturated rings. The first kappa shape index (κ1) is 19.4. The summed E-state index contributed by atoms with van der Waals surface area (Å²) in [4.78, 5) is 0. The Balaban J connectivity index is 0.000000238. The summed E-state index contributed by atoms with van der Waals surface area (Å²) < 4.78 is 10.1. The van der Waals surface area contributed by atoms with Crippen molar-refractivity contribution >= 4 is 23.4 Å². The van der Waals surface area contributed by atoms with E-state index in [1.165, 1.54) is 37.7 Å². The van der Waals surface area contributed by atoms with Gasteiger partial charge in [-0.05, 0) is 42.6 Å². The largest absolute Gasteiger partial charge is 0.399 e. The highest BCUT2D eigenvalue weighted by Crippen LogP contribution is 2.10. The molecule has 23 heavy (non-hydrogen) atoms. The molecule has 2 rings (SSSR count). The Morgan fingerprint density at radius 3 is 2.39 bits per heavy atom. The van der Waals surface area contributed by atoms with Crippen LogP contribution in [0.2, 0.25) is 0 Å². The fourth-order valence-corrected chi connectivity index (χ4v) is 2.35. The third kappa shape index (κ3) is 9.15. The number of nitrogen functional groups attached to an aromatic ring is 2. The molecule has 0 saturated carbocycles. The molecule has 0 bridgehead atoms. The molecule has 0 saturated heterocycles. The van der Waals surface area contributed by atoms with E-state index in [-0.39, 0.29) is 0 Å². The number of hydrogen-bond acceptors (Lipinski definition) is 5. The molecule has 5 nitrogen and oxygen atoms in total. The van der Waals surface area contributed by atoms with Crippen molar-refractivity contribution in [1.29, 1.82) is 0 Å². The summed E-state index contributed by atoms with van der Waals surface area (Å²) in [6.45, 7) is 2.93. The van der Waals surface area contributed by atoms with E-state index in [1.807, 2.05) is 12.1 Å². The van der Waals surface area contributed by atoms with Crippen LogP contribution in [0.1, 0.15) is 38.2 Å². The van der Waals surface area contributed by atoms with Crippen LogP contribution in [0.4, 0.5) is 11.4 Å². The van der Waals surface area contributed by atoms with Gasteiger partial charge in [-0.3, -0.25) is 4.68 Å². The van der Waals surface area contributed by atoms with E-state index in [0.29, 0.717) is 18.0 Å². The van der Waals surface area contributed by atoms with Gasteiger partial charge in [-0.1, -0.05) is 38.3 Å². The monoisotopic (exact) mass is 336 g/mol. The molecular weight excluding hydrogens is 308 g/mol. The lowest BCUT2D eigenvalue weighted by Crippen LogP contribution is -1.99. The Labute approximate surface area is 143 Å². The van der Waals surface area contributed by atoms with Crippen LogP contribution in [0.5, 0.6) is 0 Å². The van der Waals surface area contributed by atoms with E-state index in [0.717, 1.165) is 17.7 Å². The maximum Gasteiger partial charge on any atom is 0.0719 e. The van der Waals surface area contributed by atoms with E-state index in [2.05, 4.69) is 24.2 Å². The first-order chi connectivity index (χ1) is 11.2. The number of aryl methyl sites for hydroxylation is 2. The smallest absolute Gasteiger partial charge is 0.0719 e. The van der Waals surface area contributed by atoms with Gasteiger partial charge in [0.15, 0.2) is 0 Å². The van der Waals surface area contributed by atoms with Crippen molar-refractivity contribution in [2.24, 2.45) is 0 Å². The fourth-order valence-electron chi connectivity index (χ4n) is 2.08. The second-order valence-corrected chi connectivity index (χ2v) is 6.09. The van der Waals surface area contributed by atoms with Crippen LogP contribution >= 0.6 is 12.0 Å². The SMILES string of the molecule is CCCCCCc1ccc(N)cc1.Nc1cnn(CCSO)c1. The average molecular weight is 337 g/mol.